The molecule has 1 aromatic rings. The molecule has 18 heavy (non-hydrogen) atoms. The summed E-state index contributed by atoms with van der Waals surface area (Å²) in [4.78, 5) is 15.3. The maximum absolute atomic E-state index is 11.4. The zero-order valence-corrected chi connectivity index (χ0v) is 10.9. The molecule has 0 aliphatic rings. The van der Waals surface area contributed by atoms with Crippen LogP contribution in [0.25, 0.3) is 0 Å². The van der Waals surface area contributed by atoms with Crippen LogP contribution in [0.2, 0.25) is 0 Å². The van der Waals surface area contributed by atoms with Gasteiger partial charge < -0.3 is 10.1 Å². The van der Waals surface area contributed by atoms with E-state index in [9.17, 15) is 4.79 Å². The van der Waals surface area contributed by atoms with E-state index in [2.05, 4.69) is 10.3 Å². The fraction of sp³-hybridized carbons (Fsp3) is 0.462. The summed E-state index contributed by atoms with van der Waals surface area (Å²) in [6.45, 7) is 5.83. The Bertz CT molecular complexity index is 458. The Morgan fingerprint density at radius 3 is 2.89 bits per heavy atom. The van der Waals surface area contributed by atoms with Gasteiger partial charge in [-0.05, 0) is 38.8 Å². The Kier molecular flexibility index (Phi) is 4.67. The van der Waals surface area contributed by atoms with Gasteiger partial charge in [-0.15, -0.1) is 0 Å². The smallest absolute Gasteiger partial charge is 0.407 e. The van der Waals surface area contributed by atoms with Crippen molar-refractivity contribution >= 4 is 6.09 Å². The van der Waals surface area contributed by atoms with Gasteiger partial charge in [-0.3, -0.25) is 0 Å². The second-order valence-electron chi connectivity index (χ2n) is 4.80. The van der Waals surface area contributed by atoms with Crippen molar-refractivity contribution in [3.05, 3.63) is 29.6 Å². The van der Waals surface area contributed by atoms with E-state index in [0.717, 1.165) is 5.56 Å². The molecule has 5 nitrogen and oxygen atoms in total. The first-order valence-corrected chi connectivity index (χ1v) is 5.73. The van der Waals surface area contributed by atoms with Crippen LogP contribution in [0.15, 0.2) is 18.3 Å². The van der Waals surface area contributed by atoms with Crippen LogP contribution in [-0.4, -0.2) is 23.2 Å². The first-order chi connectivity index (χ1) is 8.42. The second-order valence-corrected chi connectivity index (χ2v) is 4.80. The molecule has 0 fully saturated rings. The minimum atomic E-state index is -0.504. The van der Waals surface area contributed by atoms with E-state index in [1.54, 1.807) is 12.3 Å². The fourth-order valence-electron chi connectivity index (χ4n) is 1.35. The number of ether oxygens (including phenoxy) is 1. The molecule has 0 spiro atoms. The summed E-state index contributed by atoms with van der Waals surface area (Å²) in [5.74, 6) is 0. The lowest BCUT2D eigenvalue weighted by Crippen LogP contribution is -2.33. The number of carbonyl (C=O) groups is 1. The summed E-state index contributed by atoms with van der Waals surface area (Å²) >= 11 is 0. The van der Waals surface area contributed by atoms with Gasteiger partial charge in [-0.2, -0.15) is 5.26 Å². The molecule has 1 heterocycles. The molecule has 0 aromatic carbocycles. The topological polar surface area (TPSA) is 75.0 Å². The lowest BCUT2D eigenvalue weighted by molar-refractivity contribution is 0.0528. The van der Waals surface area contributed by atoms with Crippen molar-refractivity contribution in [3.8, 4) is 6.07 Å². The lowest BCUT2D eigenvalue weighted by atomic mass is 10.1. The normalized spacial score (nSPS) is 10.6. The molecule has 0 aliphatic heterocycles. The standard InChI is InChI=1S/C13H17N3O2/c1-13(2,3)18-12(17)16-8-6-10-5-4-7-15-11(10)9-14/h4-5,7H,6,8H2,1-3H3,(H,16,17). The molecule has 0 saturated heterocycles. The summed E-state index contributed by atoms with van der Waals surface area (Å²) < 4.78 is 5.10. The molecule has 0 bridgehead atoms. The SMILES string of the molecule is CC(C)(C)OC(=O)NCCc1cccnc1C#N. The molecule has 0 aliphatic carbocycles. The molecule has 96 valence electrons. The highest BCUT2D eigenvalue weighted by atomic mass is 16.6. The van der Waals surface area contributed by atoms with Crippen molar-refractivity contribution in [1.82, 2.24) is 10.3 Å². The van der Waals surface area contributed by atoms with Gasteiger partial charge in [0.2, 0.25) is 0 Å². The van der Waals surface area contributed by atoms with Crippen LogP contribution in [0.4, 0.5) is 4.79 Å². The van der Waals surface area contributed by atoms with E-state index in [1.807, 2.05) is 32.9 Å². The average Bonchev–Trinajstić information content (AvgIpc) is 2.27. The highest BCUT2D eigenvalue weighted by Crippen LogP contribution is 2.07. The highest BCUT2D eigenvalue weighted by Gasteiger charge is 2.15. The van der Waals surface area contributed by atoms with Crippen molar-refractivity contribution < 1.29 is 9.53 Å². The predicted molar refractivity (Wildman–Crippen MR) is 66.9 cm³/mol. The molecule has 1 N–H and O–H groups in total. The molecule has 0 atom stereocenters. The Labute approximate surface area is 107 Å². The van der Waals surface area contributed by atoms with Gasteiger partial charge in [-0.1, -0.05) is 6.07 Å². The maximum Gasteiger partial charge on any atom is 0.407 e. The van der Waals surface area contributed by atoms with Gasteiger partial charge in [0.05, 0.1) is 0 Å². The minimum absolute atomic E-state index is 0.392. The molecule has 0 saturated carbocycles. The number of amides is 1. The van der Waals surface area contributed by atoms with Crippen molar-refractivity contribution in [2.75, 3.05) is 6.54 Å². The Hall–Kier alpha value is -2.09. The number of alkyl carbamates (subject to hydrolysis) is 1. The maximum atomic E-state index is 11.4. The largest absolute Gasteiger partial charge is 0.444 e. The van der Waals surface area contributed by atoms with Gasteiger partial charge in [0.15, 0.2) is 0 Å². The first kappa shape index (κ1) is 14.0. The number of carbonyl (C=O) groups excluding carboxylic acids is 1. The Balaban J connectivity index is 2.43. The lowest BCUT2D eigenvalue weighted by Gasteiger charge is -2.19. The van der Waals surface area contributed by atoms with Gasteiger partial charge >= 0.3 is 6.09 Å². The molecule has 1 amide bonds. The number of nitrogens with zero attached hydrogens (tertiary/aromatic N) is 2. The predicted octanol–water partition coefficient (Wildman–Crippen LogP) is 2.02. The molecule has 1 rings (SSSR count). The molecular formula is C13H17N3O2. The van der Waals surface area contributed by atoms with E-state index in [0.29, 0.717) is 18.7 Å². The molecule has 5 heteroatoms. The zero-order chi connectivity index (χ0) is 13.6. The second kappa shape index (κ2) is 6.01. The zero-order valence-electron chi connectivity index (χ0n) is 10.9. The quantitative estimate of drug-likeness (QED) is 0.886. The number of hydrogen-bond donors (Lipinski definition) is 1. The van der Waals surface area contributed by atoms with Gasteiger partial charge in [-0.25, -0.2) is 9.78 Å². The van der Waals surface area contributed by atoms with Crippen LogP contribution >= 0.6 is 0 Å². The number of aromatic nitrogens is 1. The van der Waals surface area contributed by atoms with Gasteiger partial charge in [0.25, 0.3) is 0 Å². The molecule has 0 unspecified atom stereocenters. The monoisotopic (exact) mass is 247 g/mol. The van der Waals surface area contributed by atoms with Crippen molar-refractivity contribution in [2.24, 2.45) is 0 Å². The third kappa shape index (κ3) is 4.83. The highest BCUT2D eigenvalue weighted by molar-refractivity contribution is 5.67. The number of pyridine rings is 1. The van der Waals surface area contributed by atoms with Crippen molar-refractivity contribution in [2.45, 2.75) is 32.8 Å². The van der Waals surface area contributed by atoms with Gasteiger partial charge in [0.1, 0.15) is 17.4 Å². The first-order valence-electron chi connectivity index (χ1n) is 5.73. The summed E-state index contributed by atoms with van der Waals surface area (Å²) in [5.41, 5.74) is 0.704. The average molecular weight is 247 g/mol. The fourth-order valence-corrected chi connectivity index (χ4v) is 1.35. The molecule has 1 aromatic heterocycles. The third-order valence-corrected chi connectivity index (χ3v) is 2.06. The third-order valence-electron chi connectivity index (χ3n) is 2.06. The van der Waals surface area contributed by atoms with E-state index in [-0.39, 0.29) is 0 Å². The van der Waals surface area contributed by atoms with Crippen LogP contribution in [-0.2, 0) is 11.2 Å². The van der Waals surface area contributed by atoms with Crippen LogP contribution in [0.1, 0.15) is 32.0 Å². The van der Waals surface area contributed by atoms with E-state index in [1.165, 1.54) is 0 Å². The van der Waals surface area contributed by atoms with Crippen LogP contribution in [0, 0.1) is 11.3 Å². The van der Waals surface area contributed by atoms with Gasteiger partial charge in [0, 0.05) is 12.7 Å². The Morgan fingerprint density at radius 1 is 1.56 bits per heavy atom. The summed E-state index contributed by atoms with van der Waals surface area (Å²) in [7, 11) is 0. The number of hydrogen-bond acceptors (Lipinski definition) is 4. The molecule has 0 radical (unpaired) electrons. The van der Waals surface area contributed by atoms with Crippen LogP contribution in [0.5, 0.6) is 0 Å². The summed E-state index contributed by atoms with van der Waals surface area (Å²) in [6, 6.07) is 5.61. The van der Waals surface area contributed by atoms with Crippen LogP contribution in [0.3, 0.4) is 0 Å². The Morgan fingerprint density at radius 2 is 2.28 bits per heavy atom. The van der Waals surface area contributed by atoms with Crippen LogP contribution < -0.4 is 5.32 Å². The minimum Gasteiger partial charge on any atom is -0.444 e. The number of nitriles is 1. The number of nitrogens with one attached hydrogen (secondary N) is 1. The summed E-state index contributed by atoms with van der Waals surface area (Å²) in [6.07, 6.45) is 1.67. The van der Waals surface area contributed by atoms with Crippen molar-refractivity contribution in [3.63, 3.8) is 0 Å². The van der Waals surface area contributed by atoms with E-state index >= 15 is 0 Å². The van der Waals surface area contributed by atoms with E-state index < -0.39 is 11.7 Å². The number of rotatable bonds is 3. The van der Waals surface area contributed by atoms with E-state index in [4.69, 9.17) is 10.00 Å². The molecular weight excluding hydrogens is 230 g/mol. The summed E-state index contributed by atoms with van der Waals surface area (Å²) in [5, 5.41) is 11.5. The van der Waals surface area contributed by atoms with Crippen molar-refractivity contribution in [1.29, 1.82) is 5.26 Å².